The van der Waals surface area contributed by atoms with E-state index < -0.39 is 11.9 Å². The van der Waals surface area contributed by atoms with Gasteiger partial charge in [-0.2, -0.15) is 0 Å². The van der Waals surface area contributed by atoms with Gasteiger partial charge in [0.25, 0.3) is 0 Å². The molecule has 0 aliphatic heterocycles. The van der Waals surface area contributed by atoms with E-state index in [9.17, 15) is 9.59 Å². The molecule has 4 nitrogen and oxygen atoms in total. The summed E-state index contributed by atoms with van der Waals surface area (Å²) >= 11 is 0. The summed E-state index contributed by atoms with van der Waals surface area (Å²) in [5, 5.41) is 8.66. The molecule has 1 atom stereocenters. The van der Waals surface area contributed by atoms with Gasteiger partial charge in [-0.15, -0.1) is 0 Å². The van der Waals surface area contributed by atoms with E-state index in [4.69, 9.17) is 9.84 Å². The topological polar surface area (TPSA) is 63.6 Å². The second kappa shape index (κ2) is 7.68. The standard InChI is InChI=1S/C12H18O4/c1-4-11(13)16-7-5-6-9(2)8-10(3)12(14)15/h4,8-9H,1,5-7H2,2-3H3,(H,14,15). The normalized spacial score (nSPS) is 13.0. The maximum absolute atomic E-state index is 10.7. The summed E-state index contributed by atoms with van der Waals surface area (Å²) in [6, 6.07) is 0. The minimum atomic E-state index is -0.898. The predicted octanol–water partition coefficient (Wildman–Crippen LogP) is 2.16. The average molecular weight is 226 g/mol. The smallest absolute Gasteiger partial charge is 0.330 e. The highest BCUT2D eigenvalue weighted by Crippen LogP contribution is 2.10. The number of hydrogen-bond acceptors (Lipinski definition) is 3. The van der Waals surface area contributed by atoms with Gasteiger partial charge >= 0.3 is 11.9 Å². The van der Waals surface area contributed by atoms with Crippen molar-refractivity contribution >= 4 is 11.9 Å². The van der Waals surface area contributed by atoms with Gasteiger partial charge in [0.1, 0.15) is 0 Å². The third-order valence-corrected chi connectivity index (χ3v) is 2.09. The maximum Gasteiger partial charge on any atom is 0.330 e. The summed E-state index contributed by atoms with van der Waals surface area (Å²) in [7, 11) is 0. The molecule has 0 amide bonds. The molecule has 90 valence electrons. The van der Waals surface area contributed by atoms with Crippen LogP contribution in [0.4, 0.5) is 0 Å². The van der Waals surface area contributed by atoms with Crippen LogP contribution in [0.2, 0.25) is 0 Å². The summed E-state index contributed by atoms with van der Waals surface area (Å²) < 4.78 is 4.80. The molecular weight excluding hydrogens is 208 g/mol. The van der Waals surface area contributed by atoms with Crippen LogP contribution in [0.25, 0.3) is 0 Å². The molecule has 0 radical (unpaired) electrons. The fourth-order valence-electron chi connectivity index (χ4n) is 1.22. The highest BCUT2D eigenvalue weighted by molar-refractivity contribution is 5.85. The first-order chi connectivity index (χ1) is 7.47. The Morgan fingerprint density at radius 2 is 2.12 bits per heavy atom. The largest absolute Gasteiger partial charge is 0.478 e. The summed E-state index contributed by atoms with van der Waals surface area (Å²) in [5.74, 6) is -1.16. The van der Waals surface area contributed by atoms with Gasteiger partial charge in [0.05, 0.1) is 6.61 Å². The summed E-state index contributed by atoms with van der Waals surface area (Å²) in [4.78, 5) is 21.2. The number of rotatable bonds is 7. The van der Waals surface area contributed by atoms with E-state index in [1.807, 2.05) is 6.92 Å². The first-order valence-electron chi connectivity index (χ1n) is 5.18. The molecule has 1 N–H and O–H groups in total. The highest BCUT2D eigenvalue weighted by atomic mass is 16.5. The first kappa shape index (κ1) is 14.4. The number of carboxylic acids is 1. The minimum Gasteiger partial charge on any atom is -0.478 e. The summed E-state index contributed by atoms with van der Waals surface area (Å²) in [6.45, 7) is 7.12. The van der Waals surface area contributed by atoms with E-state index in [-0.39, 0.29) is 5.92 Å². The molecule has 0 saturated carbocycles. The molecule has 0 heterocycles. The molecule has 0 spiro atoms. The number of carbonyl (C=O) groups excluding carboxylic acids is 1. The Labute approximate surface area is 95.6 Å². The zero-order valence-corrected chi connectivity index (χ0v) is 9.73. The number of hydrogen-bond donors (Lipinski definition) is 1. The number of ether oxygens (including phenoxy) is 1. The molecule has 0 aliphatic rings. The van der Waals surface area contributed by atoms with Crippen molar-refractivity contribution in [3.63, 3.8) is 0 Å². The van der Waals surface area contributed by atoms with Gasteiger partial charge in [-0.1, -0.05) is 19.6 Å². The molecule has 4 heteroatoms. The van der Waals surface area contributed by atoms with Crippen LogP contribution in [0.15, 0.2) is 24.3 Å². The number of aliphatic carboxylic acids is 1. The van der Waals surface area contributed by atoms with Crippen LogP contribution in [-0.4, -0.2) is 23.7 Å². The zero-order valence-electron chi connectivity index (χ0n) is 9.73. The molecule has 0 saturated heterocycles. The van der Waals surface area contributed by atoms with E-state index in [0.29, 0.717) is 18.6 Å². The maximum atomic E-state index is 10.7. The van der Waals surface area contributed by atoms with Crippen LogP contribution in [0, 0.1) is 5.92 Å². The Hall–Kier alpha value is -1.58. The lowest BCUT2D eigenvalue weighted by atomic mass is 10.0. The van der Waals surface area contributed by atoms with Gasteiger partial charge in [-0.05, 0) is 25.7 Å². The molecule has 0 bridgehead atoms. The van der Waals surface area contributed by atoms with Crippen molar-refractivity contribution in [3.8, 4) is 0 Å². The molecule has 0 aromatic carbocycles. The SMILES string of the molecule is C=CC(=O)OCCCC(C)C=C(C)C(=O)O. The number of carboxylic acid groups (broad SMARTS) is 1. The Morgan fingerprint density at radius 3 is 2.62 bits per heavy atom. The minimum absolute atomic E-state index is 0.165. The van der Waals surface area contributed by atoms with Crippen molar-refractivity contribution in [2.75, 3.05) is 6.61 Å². The van der Waals surface area contributed by atoms with Crippen molar-refractivity contribution in [1.29, 1.82) is 0 Å². The monoisotopic (exact) mass is 226 g/mol. The molecule has 16 heavy (non-hydrogen) atoms. The number of esters is 1. The fourth-order valence-corrected chi connectivity index (χ4v) is 1.22. The number of carbonyl (C=O) groups is 2. The van der Waals surface area contributed by atoms with Crippen LogP contribution in [0.5, 0.6) is 0 Å². The van der Waals surface area contributed by atoms with Crippen molar-refractivity contribution in [2.45, 2.75) is 26.7 Å². The highest BCUT2D eigenvalue weighted by Gasteiger charge is 2.04. The van der Waals surface area contributed by atoms with E-state index in [1.165, 1.54) is 0 Å². The van der Waals surface area contributed by atoms with E-state index >= 15 is 0 Å². The van der Waals surface area contributed by atoms with Crippen LogP contribution >= 0.6 is 0 Å². The second-order valence-electron chi connectivity index (χ2n) is 3.65. The van der Waals surface area contributed by atoms with Gasteiger partial charge in [0, 0.05) is 11.6 Å². The average Bonchev–Trinajstić information content (AvgIpc) is 2.23. The Bertz CT molecular complexity index is 291. The predicted molar refractivity (Wildman–Crippen MR) is 60.9 cm³/mol. The van der Waals surface area contributed by atoms with E-state index in [2.05, 4.69) is 6.58 Å². The Balaban J connectivity index is 3.78. The third-order valence-electron chi connectivity index (χ3n) is 2.09. The van der Waals surface area contributed by atoms with Crippen molar-refractivity contribution in [2.24, 2.45) is 5.92 Å². The van der Waals surface area contributed by atoms with Crippen molar-refractivity contribution in [3.05, 3.63) is 24.3 Å². The molecule has 0 fully saturated rings. The van der Waals surface area contributed by atoms with Gasteiger partial charge < -0.3 is 9.84 Å². The van der Waals surface area contributed by atoms with Gasteiger partial charge in [-0.3, -0.25) is 0 Å². The lowest BCUT2D eigenvalue weighted by molar-refractivity contribution is -0.138. The fraction of sp³-hybridized carbons (Fsp3) is 0.500. The van der Waals surface area contributed by atoms with Crippen molar-refractivity contribution < 1.29 is 19.4 Å². The van der Waals surface area contributed by atoms with Crippen LogP contribution in [0.1, 0.15) is 26.7 Å². The Kier molecular flexibility index (Phi) is 6.92. The molecule has 1 unspecified atom stereocenters. The van der Waals surface area contributed by atoms with Gasteiger partial charge in [0.2, 0.25) is 0 Å². The summed E-state index contributed by atoms with van der Waals surface area (Å²) in [5.41, 5.74) is 0.343. The quantitative estimate of drug-likeness (QED) is 0.410. The molecular formula is C12H18O4. The van der Waals surface area contributed by atoms with Gasteiger partial charge in [0.15, 0.2) is 0 Å². The van der Waals surface area contributed by atoms with Crippen LogP contribution < -0.4 is 0 Å². The van der Waals surface area contributed by atoms with Gasteiger partial charge in [-0.25, -0.2) is 9.59 Å². The Morgan fingerprint density at radius 1 is 1.50 bits per heavy atom. The molecule has 0 aliphatic carbocycles. The molecule has 0 rings (SSSR count). The third kappa shape index (κ3) is 6.81. The second-order valence-corrected chi connectivity index (χ2v) is 3.65. The van der Waals surface area contributed by atoms with E-state index in [1.54, 1.807) is 13.0 Å². The lowest BCUT2D eigenvalue weighted by Gasteiger charge is -2.07. The van der Waals surface area contributed by atoms with Crippen LogP contribution in [0.3, 0.4) is 0 Å². The molecule has 0 aromatic rings. The van der Waals surface area contributed by atoms with Crippen molar-refractivity contribution in [1.82, 2.24) is 0 Å². The number of allylic oxidation sites excluding steroid dienone is 1. The van der Waals surface area contributed by atoms with E-state index in [0.717, 1.165) is 12.5 Å². The molecule has 0 aromatic heterocycles. The summed E-state index contributed by atoms with van der Waals surface area (Å²) in [6.07, 6.45) is 4.33. The lowest BCUT2D eigenvalue weighted by Crippen LogP contribution is -2.04. The zero-order chi connectivity index (χ0) is 12.6. The first-order valence-corrected chi connectivity index (χ1v) is 5.18. The van der Waals surface area contributed by atoms with Crippen LogP contribution in [-0.2, 0) is 14.3 Å².